The monoisotopic (exact) mass is 266 g/mol. The van der Waals surface area contributed by atoms with Gasteiger partial charge in [-0.05, 0) is 11.6 Å². The van der Waals surface area contributed by atoms with Crippen molar-refractivity contribution in [1.29, 1.82) is 0 Å². The van der Waals surface area contributed by atoms with Crippen LogP contribution in [0.3, 0.4) is 0 Å². The Labute approximate surface area is 113 Å². The van der Waals surface area contributed by atoms with Crippen molar-refractivity contribution in [3.8, 4) is 0 Å². The molecule has 2 rings (SSSR count). The largest absolute Gasteiger partial charge is 0.389 e. The molecular weight excluding hydrogens is 244 g/mol. The number of methoxy groups -OCH3 is 1. The van der Waals surface area contributed by atoms with Crippen molar-refractivity contribution in [3.63, 3.8) is 0 Å². The second-order valence-electron chi connectivity index (χ2n) is 4.84. The zero-order valence-corrected chi connectivity index (χ0v) is 11.2. The lowest BCUT2D eigenvalue weighted by atomic mass is 10.1. The molecule has 0 spiro atoms. The first-order valence-corrected chi connectivity index (χ1v) is 6.61. The number of aliphatic hydroxyl groups is 2. The molecule has 1 heterocycles. The SMILES string of the molecule is COCCNCc1ccccc1N1CC(O)C(O)C1. The molecule has 1 fully saturated rings. The average Bonchev–Trinajstić information content (AvgIpc) is 2.75. The number of para-hydroxylation sites is 1. The Bertz CT molecular complexity index is 390. The zero-order chi connectivity index (χ0) is 13.7. The number of hydrogen-bond donors (Lipinski definition) is 3. The molecule has 19 heavy (non-hydrogen) atoms. The van der Waals surface area contributed by atoms with E-state index in [-0.39, 0.29) is 0 Å². The van der Waals surface area contributed by atoms with Gasteiger partial charge in [0.25, 0.3) is 0 Å². The van der Waals surface area contributed by atoms with Crippen molar-refractivity contribution in [2.24, 2.45) is 0 Å². The van der Waals surface area contributed by atoms with E-state index in [4.69, 9.17) is 4.74 Å². The molecular formula is C14H22N2O3. The number of ether oxygens (including phenoxy) is 1. The Kier molecular flexibility index (Phi) is 5.15. The van der Waals surface area contributed by atoms with Crippen LogP contribution in [0, 0.1) is 0 Å². The second-order valence-corrected chi connectivity index (χ2v) is 4.84. The second kappa shape index (κ2) is 6.86. The zero-order valence-electron chi connectivity index (χ0n) is 11.2. The molecule has 1 aliphatic rings. The van der Waals surface area contributed by atoms with E-state index in [0.717, 1.165) is 18.8 Å². The lowest BCUT2D eigenvalue weighted by Crippen LogP contribution is -2.25. The lowest BCUT2D eigenvalue weighted by molar-refractivity contribution is 0.0572. The van der Waals surface area contributed by atoms with E-state index in [0.29, 0.717) is 19.7 Å². The van der Waals surface area contributed by atoms with E-state index in [1.54, 1.807) is 7.11 Å². The first-order valence-electron chi connectivity index (χ1n) is 6.61. The van der Waals surface area contributed by atoms with Crippen molar-refractivity contribution in [1.82, 2.24) is 5.32 Å². The van der Waals surface area contributed by atoms with Gasteiger partial charge >= 0.3 is 0 Å². The third kappa shape index (κ3) is 3.67. The van der Waals surface area contributed by atoms with E-state index in [1.807, 2.05) is 23.1 Å². The van der Waals surface area contributed by atoms with Crippen LogP contribution in [0.5, 0.6) is 0 Å². The molecule has 2 atom stereocenters. The predicted octanol–water partition coefficient (Wildman–Crippen LogP) is -0.0356. The molecule has 1 aromatic rings. The van der Waals surface area contributed by atoms with Gasteiger partial charge in [-0.1, -0.05) is 18.2 Å². The third-order valence-electron chi connectivity index (χ3n) is 3.39. The summed E-state index contributed by atoms with van der Waals surface area (Å²) in [5.41, 5.74) is 2.24. The fourth-order valence-corrected chi connectivity index (χ4v) is 2.33. The fraction of sp³-hybridized carbons (Fsp3) is 0.571. The van der Waals surface area contributed by atoms with Gasteiger partial charge in [0.1, 0.15) is 0 Å². The molecule has 1 aromatic carbocycles. The van der Waals surface area contributed by atoms with Gasteiger partial charge in [-0.25, -0.2) is 0 Å². The van der Waals surface area contributed by atoms with Gasteiger partial charge in [0, 0.05) is 39.0 Å². The summed E-state index contributed by atoms with van der Waals surface area (Å²) in [6.07, 6.45) is -1.32. The Hall–Kier alpha value is -1.14. The molecule has 1 saturated heterocycles. The standard InChI is InChI=1S/C14H22N2O3/c1-19-7-6-15-8-11-4-2-3-5-12(11)16-9-13(17)14(18)10-16/h2-5,13-15,17-18H,6-10H2,1H3. The summed E-state index contributed by atoms with van der Waals surface area (Å²) < 4.78 is 5.00. The normalized spacial score (nSPS) is 23.0. The third-order valence-corrected chi connectivity index (χ3v) is 3.39. The molecule has 1 aliphatic heterocycles. The fourth-order valence-electron chi connectivity index (χ4n) is 2.33. The minimum absolute atomic E-state index is 0.482. The molecule has 0 aromatic heterocycles. The molecule has 5 heteroatoms. The van der Waals surface area contributed by atoms with Crippen LogP contribution < -0.4 is 10.2 Å². The van der Waals surface area contributed by atoms with E-state index in [9.17, 15) is 10.2 Å². The highest BCUT2D eigenvalue weighted by Crippen LogP contribution is 2.24. The maximum Gasteiger partial charge on any atom is 0.0990 e. The van der Waals surface area contributed by atoms with E-state index in [1.165, 1.54) is 5.56 Å². The van der Waals surface area contributed by atoms with Crippen LogP contribution in [-0.4, -0.2) is 55.8 Å². The van der Waals surface area contributed by atoms with Crippen molar-refractivity contribution in [2.45, 2.75) is 18.8 Å². The van der Waals surface area contributed by atoms with Crippen LogP contribution in [0.4, 0.5) is 5.69 Å². The minimum atomic E-state index is -0.658. The van der Waals surface area contributed by atoms with Crippen LogP contribution in [0.25, 0.3) is 0 Å². The number of hydrogen-bond acceptors (Lipinski definition) is 5. The van der Waals surface area contributed by atoms with Gasteiger partial charge in [-0.15, -0.1) is 0 Å². The van der Waals surface area contributed by atoms with Crippen LogP contribution >= 0.6 is 0 Å². The van der Waals surface area contributed by atoms with Crippen LogP contribution in [0.1, 0.15) is 5.56 Å². The quantitative estimate of drug-likeness (QED) is 0.631. The Morgan fingerprint density at radius 3 is 2.63 bits per heavy atom. The molecule has 3 N–H and O–H groups in total. The van der Waals surface area contributed by atoms with Gasteiger partial charge in [0.05, 0.1) is 18.8 Å². The van der Waals surface area contributed by atoms with Crippen molar-refractivity contribution in [2.75, 3.05) is 38.3 Å². The van der Waals surface area contributed by atoms with Gasteiger partial charge in [-0.3, -0.25) is 0 Å². The van der Waals surface area contributed by atoms with Gasteiger partial charge in [0.15, 0.2) is 0 Å². The summed E-state index contributed by atoms with van der Waals surface area (Å²) in [6.45, 7) is 3.20. The summed E-state index contributed by atoms with van der Waals surface area (Å²) in [5.74, 6) is 0. The molecule has 0 saturated carbocycles. The van der Waals surface area contributed by atoms with Crippen molar-refractivity contribution >= 4 is 5.69 Å². The molecule has 0 bridgehead atoms. The molecule has 0 amide bonds. The molecule has 5 nitrogen and oxygen atoms in total. The summed E-state index contributed by atoms with van der Waals surface area (Å²) in [7, 11) is 1.68. The number of β-amino-alcohol motifs (C(OH)–C–C–N with tert-alkyl or cyclic N) is 2. The highest BCUT2D eigenvalue weighted by Gasteiger charge is 2.30. The first kappa shape index (κ1) is 14.3. The number of rotatable bonds is 6. The smallest absolute Gasteiger partial charge is 0.0990 e. The summed E-state index contributed by atoms with van der Waals surface area (Å²) >= 11 is 0. The molecule has 0 radical (unpaired) electrons. The summed E-state index contributed by atoms with van der Waals surface area (Å²) in [4.78, 5) is 2.03. The summed E-state index contributed by atoms with van der Waals surface area (Å²) in [5, 5.41) is 22.6. The molecule has 106 valence electrons. The maximum atomic E-state index is 9.64. The van der Waals surface area contributed by atoms with Crippen LogP contribution in [0.15, 0.2) is 24.3 Å². The van der Waals surface area contributed by atoms with Gasteiger partial charge in [0.2, 0.25) is 0 Å². The van der Waals surface area contributed by atoms with E-state index < -0.39 is 12.2 Å². The van der Waals surface area contributed by atoms with E-state index >= 15 is 0 Å². The Morgan fingerprint density at radius 2 is 1.95 bits per heavy atom. The number of nitrogens with zero attached hydrogens (tertiary/aromatic N) is 1. The Morgan fingerprint density at radius 1 is 1.26 bits per heavy atom. The lowest BCUT2D eigenvalue weighted by Gasteiger charge is -2.21. The van der Waals surface area contributed by atoms with Crippen molar-refractivity contribution < 1.29 is 14.9 Å². The molecule has 0 aliphatic carbocycles. The topological polar surface area (TPSA) is 65.0 Å². The number of anilines is 1. The highest BCUT2D eigenvalue weighted by atomic mass is 16.5. The van der Waals surface area contributed by atoms with E-state index in [2.05, 4.69) is 11.4 Å². The van der Waals surface area contributed by atoms with Crippen LogP contribution in [-0.2, 0) is 11.3 Å². The predicted molar refractivity (Wildman–Crippen MR) is 74.3 cm³/mol. The van der Waals surface area contributed by atoms with Crippen molar-refractivity contribution in [3.05, 3.63) is 29.8 Å². The average molecular weight is 266 g/mol. The van der Waals surface area contributed by atoms with Gasteiger partial charge in [-0.2, -0.15) is 0 Å². The number of nitrogens with one attached hydrogen (secondary N) is 1. The summed E-state index contributed by atoms with van der Waals surface area (Å²) in [6, 6.07) is 8.06. The maximum absolute atomic E-state index is 9.64. The Balaban J connectivity index is 2.00. The minimum Gasteiger partial charge on any atom is -0.389 e. The number of aliphatic hydroxyl groups excluding tert-OH is 2. The van der Waals surface area contributed by atoms with Crippen LogP contribution in [0.2, 0.25) is 0 Å². The molecule has 2 unspecified atom stereocenters. The number of benzene rings is 1. The van der Waals surface area contributed by atoms with Gasteiger partial charge < -0.3 is 25.2 Å². The highest BCUT2D eigenvalue weighted by molar-refractivity contribution is 5.54. The first-order chi connectivity index (χ1) is 9.22.